The zero-order valence-electron chi connectivity index (χ0n) is 15.9. The number of aromatic nitrogens is 6. The van der Waals surface area contributed by atoms with Gasteiger partial charge in [-0.2, -0.15) is 9.67 Å². The van der Waals surface area contributed by atoms with Crippen LogP contribution >= 0.6 is 11.8 Å². The number of aryl methyl sites for hydroxylation is 1. The van der Waals surface area contributed by atoms with Gasteiger partial charge in [0.25, 0.3) is 5.69 Å². The molecule has 11 nitrogen and oxygen atoms in total. The molecule has 4 aromatic rings. The third kappa shape index (κ3) is 3.98. The van der Waals surface area contributed by atoms with Crippen molar-refractivity contribution >= 4 is 17.4 Å². The summed E-state index contributed by atoms with van der Waals surface area (Å²) < 4.78 is 12.3. The average molecular weight is 425 g/mol. The fourth-order valence-corrected chi connectivity index (χ4v) is 3.42. The summed E-state index contributed by atoms with van der Waals surface area (Å²) in [5.74, 6) is 1.57. The second kappa shape index (κ2) is 8.29. The first-order valence-corrected chi connectivity index (χ1v) is 9.67. The summed E-state index contributed by atoms with van der Waals surface area (Å²) >= 11 is 1.31. The van der Waals surface area contributed by atoms with E-state index in [4.69, 9.17) is 9.26 Å². The topological polar surface area (TPSA) is 135 Å². The predicted octanol–water partition coefficient (Wildman–Crippen LogP) is 3.23. The highest BCUT2D eigenvalue weighted by atomic mass is 32.2. The Kier molecular flexibility index (Phi) is 5.39. The molecule has 12 heteroatoms. The summed E-state index contributed by atoms with van der Waals surface area (Å²) in [4.78, 5) is 14.8. The Morgan fingerprint density at radius 3 is 2.93 bits per heavy atom. The lowest BCUT2D eigenvalue weighted by atomic mass is 10.2. The Morgan fingerprint density at radius 1 is 1.27 bits per heavy atom. The van der Waals surface area contributed by atoms with Crippen LogP contribution in [0.4, 0.5) is 5.69 Å². The highest BCUT2D eigenvalue weighted by molar-refractivity contribution is 7.98. The number of benzene rings is 2. The van der Waals surface area contributed by atoms with Crippen LogP contribution < -0.4 is 4.74 Å². The summed E-state index contributed by atoms with van der Waals surface area (Å²) in [7, 11) is 1.58. The molecular weight excluding hydrogens is 410 g/mol. The van der Waals surface area contributed by atoms with Gasteiger partial charge in [0.05, 0.1) is 17.8 Å². The van der Waals surface area contributed by atoms with E-state index in [-0.39, 0.29) is 11.5 Å². The van der Waals surface area contributed by atoms with Crippen LogP contribution in [0.25, 0.3) is 17.1 Å². The van der Waals surface area contributed by atoms with Crippen molar-refractivity contribution in [1.82, 2.24) is 30.3 Å². The number of nitro benzene ring substituents is 1. The number of nitro groups is 1. The van der Waals surface area contributed by atoms with Gasteiger partial charge in [0.2, 0.25) is 16.9 Å². The van der Waals surface area contributed by atoms with Crippen LogP contribution in [-0.4, -0.2) is 42.4 Å². The highest BCUT2D eigenvalue weighted by Crippen LogP contribution is 2.29. The van der Waals surface area contributed by atoms with Gasteiger partial charge in [-0.15, -0.1) is 5.10 Å². The quantitative estimate of drug-likeness (QED) is 0.247. The first kappa shape index (κ1) is 19.5. The van der Waals surface area contributed by atoms with E-state index < -0.39 is 4.92 Å². The highest BCUT2D eigenvalue weighted by Gasteiger charge is 2.17. The largest absolute Gasteiger partial charge is 0.494 e. The molecule has 0 saturated heterocycles. The predicted molar refractivity (Wildman–Crippen MR) is 106 cm³/mol. The number of ether oxygens (including phenoxy) is 1. The number of nitrogens with zero attached hydrogens (tertiary/aromatic N) is 7. The molecule has 0 radical (unpaired) electrons. The summed E-state index contributed by atoms with van der Waals surface area (Å²) in [6, 6.07) is 11.8. The van der Waals surface area contributed by atoms with Crippen LogP contribution in [-0.2, 0) is 5.75 Å². The van der Waals surface area contributed by atoms with E-state index in [9.17, 15) is 10.1 Å². The van der Waals surface area contributed by atoms with Crippen molar-refractivity contribution in [2.75, 3.05) is 7.11 Å². The molecule has 0 aliphatic rings. The summed E-state index contributed by atoms with van der Waals surface area (Å²) in [5.41, 5.74) is 2.21. The summed E-state index contributed by atoms with van der Waals surface area (Å²) in [5, 5.41) is 27.2. The number of hydrogen-bond donors (Lipinski definition) is 0. The fourth-order valence-electron chi connectivity index (χ4n) is 2.70. The maximum absolute atomic E-state index is 10.9. The zero-order valence-corrected chi connectivity index (χ0v) is 16.7. The van der Waals surface area contributed by atoms with Gasteiger partial charge in [0.1, 0.15) is 11.4 Å². The Morgan fingerprint density at radius 2 is 2.13 bits per heavy atom. The lowest BCUT2D eigenvalue weighted by molar-refractivity contribution is -0.384. The van der Waals surface area contributed by atoms with Gasteiger partial charge in [-0.1, -0.05) is 35.1 Å². The first-order chi connectivity index (χ1) is 14.5. The minimum Gasteiger partial charge on any atom is -0.494 e. The van der Waals surface area contributed by atoms with Crippen molar-refractivity contribution in [1.29, 1.82) is 0 Å². The molecule has 0 fully saturated rings. The zero-order chi connectivity index (χ0) is 21.1. The van der Waals surface area contributed by atoms with E-state index in [0.717, 1.165) is 5.56 Å². The van der Waals surface area contributed by atoms with E-state index in [1.165, 1.54) is 23.9 Å². The van der Waals surface area contributed by atoms with E-state index in [2.05, 4.69) is 25.7 Å². The molecule has 0 N–H and O–H groups in total. The fraction of sp³-hybridized carbons (Fsp3) is 0.167. The van der Waals surface area contributed by atoms with E-state index >= 15 is 0 Å². The van der Waals surface area contributed by atoms with Crippen LogP contribution in [0.1, 0.15) is 11.5 Å². The molecule has 30 heavy (non-hydrogen) atoms. The Balaban J connectivity index is 1.53. The molecule has 0 bridgehead atoms. The molecule has 0 spiro atoms. The van der Waals surface area contributed by atoms with Gasteiger partial charge in [-0.3, -0.25) is 10.1 Å². The lowest BCUT2D eigenvalue weighted by Crippen LogP contribution is -2.02. The molecule has 152 valence electrons. The van der Waals surface area contributed by atoms with E-state index in [0.29, 0.717) is 33.8 Å². The average Bonchev–Trinajstić information content (AvgIpc) is 3.41. The Labute approximate surface area is 174 Å². The van der Waals surface area contributed by atoms with Crippen LogP contribution in [0.2, 0.25) is 0 Å². The maximum Gasteiger partial charge on any atom is 0.270 e. The van der Waals surface area contributed by atoms with E-state index in [1.54, 1.807) is 23.9 Å². The second-order valence-electron chi connectivity index (χ2n) is 6.16. The minimum atomic E-state index is -0.472. The lowest BCUT2D eigenvalue weighted by Gasteiger charge is -2.09. The van der Waals surface area contributed by atoms with Crippen molar-refractivity contribution in [3.8, 4) is 22.8 Å². The van der Waals surface area contributed by atoms with Gasteiger partial charge < -0.3 is 9.26 Å². The monoisotopic (exact) mass is 425 g/mol. The van der Waals surface area contributed by atoms with Gasteiger partial charge in [0, 0.05) is 17.7 Å². The number of tetrazole rings is 1. The van der Waals surface area contributed by atoms with Crippen LogP contribution in [0.3, 0.4) is 0 Å². The third-order valence-corrected chi connectivity index (χ3v) is 5.02. The second-order valence-corrected chi connectivity index (χ2v) is 7.10. The molecule has 0 atom stereocenters. The van der Waals surface area contributed by atoms with Gasteiger partial charge in [-0.25, -0.2) is 0 Å². The molecule has 0 aliphatic heterocycles. The van der Waals surface area contributed by atoms with Crippen molar-refractivity contribution in [3.63, 3.8) is 0 Å². The van der Waals surface area contributed by atoms with Crippen LogP contribution in [0.15, 0.2) is 52.1 Å². The van der Waals surface area contributed by atoms with Crippen molar-refractivity contribution in [2.45, 2.75) is 17.8 Å². The molecule has 0 saturated carbocycles. The van der Waals surface area contributed by atoms with Gasteiger partial charge >= 0.3 is 0 Å². The molecule has 4 rings (SSSR count). The van der Waals surface area contributed by atoms with Gasteiger partial charge in [0.15, 0.2) is 0 Å². The summed E-state index contributed by atoms with van der Waals surface area (Å²) in [6.45, 7) is 1.97. The first-order valence-electron chi connectivity index (χ1n) is 8.69. The number of non-ortho nitro benzene ring substituents is 1. The maximum atomic E-state index is 10.9. The molecule has 2 aromatic heterocycles. The van der Waals surface area contributed by atoms with Crippen molar-refractivity contribution in [3.05, 3.63) is 64.0 Å². The molecular formula is C18H15N7O4S. The normalized spacial score (nSPS) is 10.9. The Bertz CT molecular complexity index is 1210. The number of rotatable bonds is 7. The van der Waals surface area contributed by atoms with Crippen LogP contribution in [0, 0.1) is 17.0 Å². The van der Waals surface area contributed by atoms with Crippen LogP contribution in [0.5, 0.6) is 5.75 Å². The summed E-state index contributed by atoms with van der Waals surface area (Å²) in [6.07, 6.45) is 0. The smallest absolute Gasteiger partial charge is 0.270 e. The number of hydrogen-bond acceptors (Lipinski definition) is 10. The standard InChI is InChI=1S/C18H15N7O4S/c1-11-6-7-15(28-2)14(8-11)24-18(20-22-23-24)30-10-16-19-17(21-29-16)12-4-3-5-13(9-12)25(26)27/h3-9H,10H2,1-2H3. The Hall–Kier alpha value is -3.80. The molecule has 2 aromatic carbocycles. The molecule has 0 aliphatic carbocycles. The van der Waals surface area contributed by atoms with E-state index in [1.807, 2.05) is 25.1 Å². The third-order valence-electron chi connectivity index (χ3n) is 4.11. The minimum absolute atomic E-state index is 0.0421. The number of methoxy groups -OCH3 is 1. The molecule has 0 unspecified atom stereocenters. The SMILES string of the molecule is COc1ccc(C)cc1-n1nnnc1SCc1nc(-c2cccc([N+](=O)[O-])c2)no1. The molecule has 0 amide bonds. The van der Waals surface area contributed by atoms with Gasteiger partial charge in [-0.05, 0) is 35.0 Å². The van der Waals surface area contributed by atoms with Crippen molar-refractivity contribution < 1.29 is 14.2 Å². The number of thioether (sulfide) groups is 1. The molecule has 2 heterocycles. The van der Waals surface area contributed by atoms with Crippen molar-refractivity contribution in [2.24, 2.45) is 0 Å².